The van der Waals surface area contributed by atoms with Gasteiger partial charge in [-0.05, 0) is 12.1 Å². The van der Waals surface area contributed by atoms with Crippen molar-refractivity contribution in [3.05, 3.63) is 24.0 Å². The molecule has 0 aromatic heterocycles. The van der Waals surface area contributed by atoms with Crippen LogP contribution < -0.4 is 4.90 Å². The van der Waals surface area contributed by atoms with Crippen molar-refractivity contribution in [1.82, 2.24) is 0 Å². The molecule has 1 fully saturated rings. The van der Waals surface area contributed by atoms with Crippen LogP contribution in [0.3, 0.4) is 0 Å². The van der Waals surface area contributed by atoms with Crippen LogP contribution in [0.15, 0.2) is 18.2 Å². The first-order valence-electron chi connectivity index (χ1n) is 5.43. The van der Waals surface area contributed by atoms with E-state index in [1.807, 2.05) is 0 Å². The molecule has 18 heavy (non-hydrogen) atoms. The predicted molar refractivity (Wildman–Crippen MR) is 67.1 cm³/mol. The van der Waals surface area contributed by atoms with E-state index in [2.05, 4.69) is 0 Å². The van der Waals surface area contributed by atoms with Crippen molar-refractivity contribution in [2.75, 3.05) is 11.4 Å². The molecule has 1 N–H and O–H groups in total. The second kappa shape index (κ2) is 4.97. The molecule has 6 heteroatoms. The normalized spacial score (nSPS) is 19.3. The van der Waals surface area contributed by atoms with Gasteiger partial charge in [0.15, 0.2) is 16.7 Å². The van der Waals surface area contributed by atoms with Crippen LogP contribution in [0.1, 0.15) is 13.3 Å². The van der Waals surface area contributed by atoms with Crippen molar-refractivity contribution in [3.63, 3.8) is 0 Å². The van der Waals surface area contributed by atoms with Crippen LogP contribution in [0.2, 0.25) is 0 Å². The third-order valence-electron chi connectivity index (χ3n) is 2.67. The maximum absolute atomic E-state index is 13.2. The second-order valence-electron chi connectivity index (χ2n) is 4.08. The first-order valence-corrected chi connectivity index (χ1v) is 6.31. The maximum Gasteiger partial charge on any atom is 0.228 e. The Kier molecular flexibility index (Phi) is 3.56. The highest BCUT2D eigenvalue weighted by atomic mass is 32.2. The molecular weight excluding hydrogens is 257 g/mol. The Morgan fingerprint density at radius 1 is 1.56 bits per heavy atom. The van der Waals surface area contributed by atoms with Gasteiger partial charge in [-0.25, -0.2) is 4.39 Å². The van der Waals surface area contributed by atoms with E-state index in [4.69, 9.17) is 5.11 Å². The lowest BCUT2D eigenvalue weighted by Gasteiger charge is -2.16. The number of amides is 1. The van der Waals surface area contributed by atoms with Crippen molar-refractivity contribution >= 4 is 28.5 Å². The van der Waals surface area contributed by atoms with E-state index in [0.717, 1.165) is 17.8 Å². The Balaban J connectivity index is 2.16. The van der Waals surface area contributed by atoms with Crippen LogP contribution in [0.25, 0.3) is 0 Å². The lowest BCUT2D eigenvalue weighted by atomic mass is 10.2. The highest BCUT2D eigenvalue weighted by Gasteiger charge is 2.32. The number of phenols is 1. The van der Waals surface area contributed by atoms with Crippen molar-refractivity contribution in [2.45, 2.75) is 18.6 Å². The van der Waals surface area contributed by atoms with Crippen molar-refractivity contribution in [1.29, 1.82) is 0 Å². The number of nitrogens with zero attached hydrogens (tertiary/aromatic N) is 1. The third-order valence-corrected chi connectivity index (χ3v) is 3.65. The highest BCUT2D eigenvalue weighted by molar-refractivity contribution is 8.14. The zero-order chi connectivity index (χ0) is 13.3. The van der Waals surface area contributed by atoms with Crippen LogP contribution in [0.5, 0.6) is 5.75 Å². The number of phenolic OH excluding ortho intramolecular Hbond substituents is 1. The number of hydrogen-bond donors (Lipinski definition) is 1. The summed E-state index contributed by atoms with van der Waals surface area (Å²) in [5, 5.41) is 8.97. The van der Waals surface area contributed by atoms with E-state index >= 15 is 0 Å². The molecule has 1 aliphatic heterocycles. The fourth-order valence-electron chi connectivity index (χ4n) is 1.90. The van der Waals surface area contributed by atoms with E-state index in [1.165, 1.54) is 24.0 Å². The van der Waals surface area contributed by atoms with Crippen LogP contribution in [-0.4, -0.2) is 27.9 Å². The molecule has 1 amide bonds. The Bertz CT molecular complexity index is 506. The average Bonchev–Trinajstić information content (AvgIpc) is 2.62. The SMILES string of the molecule is CC(=O)SC1CC(=O)N(c2ccc(O)c(F)c2)C1. The van der Waals surface area contributed by atoms with Gasteiger partial charge in [-0.15, -0.1) is 0 Å². The number of hydrogen-bond acceptors (Lipinski definition) is 4. The number of halogens is 1. The fourth-order valence-corrected chi connectivity index (χ4v) is 2.82. The van der Waals surface area contributed by atoms with Gasteiger partial charge in [-0.3, -0.25) is 9.59 Å². The zero-order valence-electron chi connectivity index (χ0n) is 9.72. The lowest BCUT2D eigenvalue weighted by molar-refractivity contribution is -0.117. The molecule has 1 aromatic carbocycles. The number of carbonyl (C=O) groups is 2. The van der Waals surface area contributed by atoms with Crippen LogP contribution >= 0.6 is 11.8 Å². The van der Waals surface area contributed by atoms with Gasteiger partial charge in [0.1, 0.15) is 0 Å². The lowest BCUT2D eigenvalue weighted by Crippen LogP contribution is -2.24. The van der Waals surface area contributed by atoms with Gasteiger partial charge in [0.05, 0.1) is 0 Å². The summed E-state index contributed by atoms with van der Waals surface area (Å²) in [5.74, 6) is -1.35. The van der Waals surface area contributed by atoms with Gasteiger partial charge in [-0.1, -0.05) is 11.8 Å². The molecule has 0 saturated carbocycles. The molecule has 0 spiro atoms. The molecule has 0 aliphatic carbocycles. The van der Waals surface area contributed by atoms with Gasteiger partial charge < -0.3 is 10.0 Å². The highest BCUT2D eigenvalue weighted by Crippen LogP contribution is 2.30. The number of carbonyl (C=O) groups excluding carboxylic acids is 2. The zero-order valence-corrected chi connectivity index (χ0v) is 10.5. The van der Waals surface area contributed by atoms with Crippen LogP contribution in [0.4, 0.5) is 10.1 Å². The van der Waals surface area contributed by atoms with Gasteiger partial charge in [-0.2, -0.15) is 0 Å². The molecule has 1 heterocycles. The first kappa shape index (κ1) is 12.9. The predicted octanol–water partition coefficient (Wildman–Crippen LogP) is 1.92. The monoisotopic (exact) mass is 269 g/mol. The van der Waals surface area contributed by atoms with Gasteiger partial charge in [0.2, 0.25) is 5.91 Å². The summed E-state index contributed by atoms with van der Waals surface area (Å²) < 4.78 is 13.2. The minimum Gasteiger partial charge on any atom is -0.505 e. The van der Waals surface area contributed by atoms with Crippen LogP contribution in [-0.2, 0) is 9.59 Å². The van der Waals surface area contributed by atoms with Crippen molar-refractivity contribution < 1.29 is 19.1 Å². The topological polar surface area (TPSA) is 57.6 Å². The summed E-state index contributed by atoms with van der Waals surface area (Å²) in [6.45, 7) is 1.84. The van der Waals surface area contributed by atoms with E-state index in [-0.39, 0.29) is 22.7 Å². The summed E-state index contributed by atoms with van der Waals surface area (Å²) in [5.41, 5.74) is 0.405. The minimum atomic E-state index is -0.761. The van der Waals surface area contributed by atoms with Gasteiger partial charge in [0, 0.05) is 36.9 Å². The minimum absolute atomic E-state index is 0.0356. The molecule has 1 saturated heterocycles. The third kappa shape index (κ3) is 2.64. The summed E-state index contributed by atoms with van der Waals surface area (Å²) in [6, 6.07) is 3.81. The Morgan fingerprint density at radius 2 is 2.28 bits per heavy atom. The Hall–Kier alpha value is -1.56. The summed E-state index contributed by atoms with van der Waals surface area (Å²) in [6.07, 6.45) is 0.271. The number of anilines is 1. The number of thioether (sulfide) groups is 1. The number of aromatic hydroxyl groups is 1. The number of benzene rings is 1. The first-order chi connectivity index (χ1) is 8.47. The quantitative estimate of drug-likeness (QED) is 0.891. The molecule has 1 atom stereocenters. The van der Waals surface area contributed by atoms with Gasteiger partial charge >= 0.3 is 0 Å². The molecule has 1 aliphatic rings. The van der Waals surface area contributed by atoms with Gasteiger partial charge in [0.25, 0.3) is 0 Å². The van der Waals surface area contributed by atoms with E-state index in [1.54, 1.807) is 0 Å². The summed E-state index contributed by atoms with van der Waals surface area (Å²) in [7, 11) is 0. The Morgan fingerprint density at radius 3 is 2.89 bits per heavy atom. The Labute approximate surface area is 108 Å². The maximum atomic E-state index is 13.2. The van der Waals surface area contributed by atoms with E-state index in [9.17, 15) is 14.0 Å². The van der Waals surface area contributed by atoms with E-state index in [0.29, 0.717) is 12.2 Å². The molecule has 96 valence electrons. The summed E-state index contributed by atoms with van der Waals surface area (Å²) in [4.78, 5) is 24.2. The molecule has 0 bridgehead atoms. The average molecular weight is 269 g/mol. The van der Waals surface area contributed by atoms with Crippen LogP contribution in [0, 0.1) is 5.82 Å². The van der Waals surface area contributed by atoms with Crippen molar-refractivity contribution in [3.8, 4) is 5.75 Å². The van der Waals surface area contributed by atoms with E-state index < -0.39 is 11.6 Å². The number of rotatable bonds is 2. The molecular formula is C12H12FNO3S. The summed E-state index contributed by atoms with van der Waals surface area (Å²) >= 11 is 1.13. The fraction of sp³-hybridized carbons (Fsp3) is 0.333. The molecule has 1 aromatic rings. The smallest absolute Gasteiger partial charge is 0.228 e. The second-order valence-corrected chi connectivity index (χ2v) is 5.55. The standard InChI is InChI=1S/C12H12FNO3S/c1-7(15)18-9-5-12(17)14(6-9)8-2-3-11(16)10(13)4-8/h2-4,9,16H,5-6H2,1H3. The largest absolute Gasteiger partial charge is 0.505 e. The molecule has 4 nitrogen and oxygen atoms in total. The van der Waals surface area contributed by atoms with Crippen molar-refractivity contribution in [2.24, 2.45) is 0 Å². The molecule has 0 radical (unpaired) electrons. The molecule has 2 rings (SSSR count). The molecule has 1 unspecified atom stereocenters.